The van der Waals surface area contributed by atoms with Gasteiger partial charge in [0.05, 0.1) is 16.7 Å². The van der Waals surface area contributed by atoms with Gasteiger partial charge in [-0.3, -0.25) is 14.2 Å². The largest absolute Gasteiger partial charge is 0.355 e. The van der Waals surface area contributed by atoms with Crippen LogP contribution in [0.1, 0.15) is 57.8 Å². The molecule has 2 aliphatic rings. The highest BCUT2D eigenvalue weighted by Crippen LogP contribution is 2.20. The lowest BCUT2D eigenvalue weighted by molar-refractivity contribution is -0.118. The van der Waals surface area contributed by atoms with E-state index in [0.717, 1.165) is 38.9 Å². The molecule has 1 amide bonds. The zero-order chi connectivity index (χ0) is 22.9. The average Bonchev–Trinajstić information content (AvgIpc) is 2.85. The molecule has 1 N–H and O–H groups in total. The van der Waals surface area contributed by atoms with Crippen molar-refractivity contribution in [1.29, 1.82) is 0 Å². The van der Waals surface area contributed by atoms with Crippen LogP contribution in [0.15, 0.2) is 45.9 Å². The van der Waals surface area contributed by atoms with Crippen molar-refractivity contribution in [2.75, 3.05) is 31.9 Å². The van der Waals surface area contributed by atoms with E-state index in [2.05, 4.69) is 16.3 Å². The van der Waals surface area contributed by atoms with Crippen LogP contribution in [-0.2, 0) is 11.3 Å². The number of benzene rings is 1. The van der Waals surface area contributed by atoms with Crippen LogP contribution in [0.4, 0.5) is 0 Å². The second-order valence-corrected chi connectivity index (χ2v) is 10.1. The minimum Gasteiger partial charge on any atom is -0.355 e. The molecule has 1 saturated heterocycles. The second-order valence-electron chi connectivity index (χ2n) is 9.12. The molecule has 7 heteroatoms. The van der Waals surface area contributed by atoms with Crippen LogP contribution >= 0.6 is 11.8 Å². The second kappa shape index (κ2) is 12.4. The predicted octanol–water partition coefficient (Wildman–Crippen LogP) is 4.37. The SMILES string of the molecule is O=C(CSc1nc2ccccc2c(=O)n1CCCN1CCCCC1)NCCC1=CCCCC1. The summed E-state index contributed by atoms with van der Waals surface area (Å²) in [5.74, 6) is 0.273. The van der Waals surface area contributed by atoms with Crippen LogP contribution in [0.5, 0.6) is 0 Å². The fourth-order valence-electron chi connectivity index (χ4n) is 4.77. The summed E-state index contributed by atoms with van der Waals surface area (Å²) < 4.78 is 1.77. The number of amides is 1. The van der Waals surface area contributed by atoms with Crippen molar-refractivity contribution in [3.8, 4) is 0 Å². The summed E-state index contributed by atoms with van der Waals surface area (Å²) in [7, 11) is 0. The molecule has 1 aliphatic heterocycles. The molecule has 4 rings (SSSR count). The number of allylic oxidation sites excluding steroid dienone is 1. The molecule has 33 heavy (non-hydrogen) atoms. The molecule has 0 radical (unpaired) electrons. The van der Waals surface area contributed by atoms with E-state index in [-0.39, 0.29) is 17.2 Å². The van der Waals surface area contributed by atoms with Crippen molar-refractivity contribution in [1.82, 2.24) is 19.8 Å². The molecule has 0 saturated carbocycles. The zero-order valence-electron chi connectivity index (χ0n) is 19.6. The van der Waals surface area contributed by atoms with Gasteiger partial charge in [-0.2, -0.15) is 0 Å². The molecule has 6 nitrogen and oxygen atoms in total. The van der Waals surface area contributed by atoms with Gasteiger partial charge in [0.15, 0.2) is 5.16 Å². The molecule has 1 aromatic carbocycles. The minimum absolute atomic E-state index is 0.00122. The molecule has 1 fully saturated rings. The Morgan fingerprint density at radius 2 is 1.91 bits per heavy atom. The number of thioether (sulfide) groups is 1. The molecule has 2 aromatic rings. The number of carbonyl (C=O) groups excluding carboxylic acids is 1. The summed E-state index contributed by atoms with van der Waals surface area (Å²) in [5.41, 5.74) is 2.15. The number of likely N-dealkylation sites (tertiary alicyclic amines) is 1. The van der Waals surface area contributed by atoms with Crippen LogP contribution in [0.25, 0.3) is 10.9 Å². The van der Waals surface area contributed by atoms with Crippen molar-refractivity contribution >= 4 is 28.6 Å². The number of nitrogens with one attached hydrogen (secondary N) is 1. The third-order valence-electron chi connectivity index (χ3n) is 6.62. The smallest absolute Gasteiger partial charge is 0.262 e. The van der Waals surface area contributed by atoms with Crippen LogP contribution in [0, 0.1) is 0 Å². The van der Waals surface area contributed by atoms with Gasteiger partial charge >= 0.3 is 0 Å². The third kappa shape index (κ3) is 6.93. The number of piperidine rings is 1. The van der Waals surface area contributed by atoms with Gasteiger partial charge < -0.3 is 10.2 Å². The fraction of sp³-hybridized carbons (Fsp3) is 0.577. The number of fused-ring (bicyclic) bond motifs is 1. The zero-order valence-corrected chi connectivity index (χ0v) is 20.4. The Labute approximate surface area is 200 Å². The van der Waals surface area contributed by atoms with Crippen molar-refractivity contribution < 1.29 is 4.79 Å². The first-order chi connectivity index (χ1) is 16.2. The molecule has 178 valence electrons. The number of rotatable bonds is 10. The fourth-order valence-corrected chi connectivity index (χ4v) is 5.62. The van der Waals surface area contributed by atoms with E-state index in [0.29, 0.717) is 29.1 Å². The Bertz CT molecular complexity index is 1030. The first kappa shape index (κ1) is 24.0. The minimum atomic E-state index is -0.00797. The monoisotopic (exact) mass is 468 g/mol. The van der Waals surface area contributed by atoms with Gasteiger partial charge in [0.25, 0.3) is 5.56 Å². The van der Waals surface area contributed by atoms with Gasteiger partial charge in [0, 0.05) is 13.1 Å². The molecule has 0 bridgehead atoms. The molecular formula is C26H36N4O2S. The third-order valence-corrected chi connectivity index (χ3v) is 7.59. The number of para-hydroxylation sites is 1. The maximum atomic E-state index is 13.2. The summed E-state index contributed by atoms with van der Waals surface area (Å²) >= 11 is 1.37. The number of nitrogens with zero attached hydrogens (tertiary/aromatic N) is 3. The van der Waals surface area contributed by atoms with E-state index >= 15 is 0 Å². The lowest BCUT2D eigenvalue weighted by atomic mass is 9.97. The van der Waals surface area contributed by atoms with Gasteiger partial charge in [-0.25, -0.2) is 4.98 Å². The van der Waals surface area contributed by atoms with Gasteiger partial charge in [0.2, 0.25) is 5.91 Å². The Morgan fingerprint density at radius 3 is 2.73 bits per heavy atom. The molecule has 0 unspecified atom stereocenters. The van der Waals surface area contributed by atoms with Crippen molar-refractivity contribution in [3.63, 3.8) is 0 Å². The molecular weight excluding hydrogens is 432 g/mol. The summed E-state index contributed by atoms with van der Waals surface area (Å²) in [6.07, 6.45) is 12.9. The van der Waals surface area contributed by atoms with Gasteiger partial charge in [-0.05, 0) is 83.1 Å². The van der Waals surface area contributed by atoms with E-state index in [4.69, 9.17) is 4.98 Å². The van der Waals surface area contributed by atoms with Crippen LogP contribution in [-0.4, -0.2) is 52.3 Å². The van der Waals surface area contributed by atoms with Gasteiger partial charge in [-0.1, -0.05) is 42.0 Å². The van der Waals surface area contributed by atoms with Crippen molar-refractivity contribution in [2.45, 2.75) is 69.5 Å². The lowest BCUT2D eigenvalue weighted by Crippen LogP contribution is -2.32. The Kier molecular flexibility index (Phi) is 9.01. The Hall–Kier alpha value is -2.12. The van der Waals surface area contributed by atoms with Crippen molar-refractivity contribution in [2.24, 2.45) is 0 Å². The maximum Gasteiger partial charge on any atom is 0.262 e. The van der Waals surface area contributed by atoms with Crippen LogP contribution in [0.3, 0.4) is 0 Å². The van der Waals surface area contributed by atoms with Crippen molar-refractivity contribution in [3.05, 3.63) is 46.3 Å². The molecule has 0 atom stereocenters. The first-order valence-corrected chi connectivity index (χ1v) is 13.5. The summed E-state index contributed by atoms with van der Waals surface area (Å²) in [4.78, 5) is 32.9. The van der Waals surface area contributed by atoms with E-state index in [9.17, 15) is 9.59 Å². The number of hydrogen-bond acceptors (Lipinski definition) is 5. The van der Waals surface area contributed by atoms with E-state index in [1.54, 1.807) is 4.57 Å². The topological polar surface area (TPSA) is 67.2 Å². The van der Waals surface area contributed by atoms with Gasteiger partial charge in [0.1, 0.15) is 0 Å². The predicted molar refractivity (Wildman–Crippen MR) is 136 cm³/mol. The summed E-state index contributed by atoms with van der Waals surface area (Å²) in [6.45, 7) is 4.62. The molecule has 0 spiro atoms. The number of hydrogen-bond donors (Lipinski definition) is 1. The van der Waals surface area contributed by atoms with E-state index < -0.39 is 0 Å². The summed E-state index contributed by atoms with van der Waals surface area (Å²) in [6, 6.07) is 7.49. The Morgan fingerprint density at radius 1 is 1.06 bits per heavy atom. The highest BCUT2D eigenvalue weighted by molar-refractivity contribution is 7.99. The standard InChI is InChI=1S/C26H36N4O2S/c31-24(27-15-14-21-10-3-1-4-11-21)20-33-26-28-23-13-6-5-12-22(23)25(32)30(26)19-9-18-29-16-7-2-8-17-29/h5-6,10,12-13H,1-4,7-9,11,14-20H2,(H,27,31). The van der Waals surface area contributed by atoms with Crippen LogP contribution in [0.2, 0.25) is 0 Å². The number of aromatic nitrogens is 2. The van der Waals surface area contributed by atoms with E-state index in [1.165, 1.54) is 55.9 Å². The van der Waals surface area contributed by atoms with E-state index in [1.807, 2.05) is 24.3 Å². The first-order valence-electron chi connectivity index (χ1n) is 12.5. The Balaban J connectivity index is 1.37. The summed E-state index contributed by atoms with van der Waals surface area (Å²) in [5, 5.41) is 4.32. The van der Waals surface area contributed by atoms with Crippen LogP contribution < -0.4 is 10.9 Å². The highest BCUT2D eigenvalue weighted by Gasteiger charge is 2.15. The normalized spacial score (nSPS) is 17.2. The highest BCUT2D eigenvalue weighted by atomic mass is 32.2. The number of carbonyl (C=O) groups is 1. The molecule has 1 aromatic heterocycles. The maximum absolute atomic E-state index is 13.2. The average molecular weight is 469 g/mol. The lowest BCUT2D eigenvalue weighted by Gasteiger charge is -2.26. The van der Waals surface area contributed by atoms with Gasteiger partial charge in [-0.15, -0.1) is 0 Å². The molecule has 2 heterocycles. The quantitative estimate of drug-likeness (QED) is 0.319. The molecule has 1 aliphatic carbocycles.